The van der Waals surface area contributed by atoms with E-state index in [-0.39, 0.29) is 0 Å². The molecule has 0 saturated carbocycles. The Morgan fingerprint density at radius 2 is 1.85 bits per heavy atom. The Kier molecular flexibility index (Phi) is 3.09. The first-order valence-corrected chi connectivity index (χ1v) is 6.03. The zero-order valence-electron chi connectivity index (χ0n) is 10.4. The predicted molar refractivity (Wildman–Crippen MR) is 65.5 cm³/mol. The van der Waals surface area contributed by atoms with Crippen LogP contribution in [0.3, 0.4) is 0 Å². The normalized spacial score (nSPS) is 14.9. The van der Waals surface area contributed by atoms with Crippen molar-refractivity contribution in [3.63, 3.8) is 0 Å². The Labute approximate surface area is 112 Å². The van der Waals surface area contributed by atoms with E-state index < -0.39 is 11.7 Å². The van der Waals surface area contributed by atoms with Crippen LogP contribution in [0.25, 0.3) is 0 Å². The van der Waals surface area contributed by atoms with E-state index in [9.17, 15) is 13.2 Å². The van der Waals surface area contributed by atoms with Crippen LogP contribution >= 0.6 is 0 Å². The largest absolute Gasteiger partial charge is 0.416 e. The summed E-state index contributed by atoms with van der Waals surface area (Å²) in [5.74, 6) is 1.28. The van der Waals surface area contributed by atoms with Crippen LogP contribution in [0.15, 0.2) is 24.3 Å². The second-order valence-electron chi connectivity index (χ2n) is 4.40. The molecule has 1 aromatic carbocycles. The maximum atomic E-state index is 12.5. The van der Waals surface area contributed by atoms with Crippen molar-refractivity contribution >= 4 is 11.6 Å². The molecule has 0 atom stereocenters. The third-order valence-electron chi connectivity index (χ3n) is 3.03. The average Bonchev–Trinajstić information content (AvgIpc) is 2.82. The van der Waals surface area contributed by atoms with Crippen molar-refractivity contribution in [1.29, 1.82) is 0 Å². The fourth-order valence-electron chi connectivity index (χ4n) is 2.00. The average molecular weight is 282 g/mol. The fourth-order valence-corrected chi connectivity index (χ4v) is 2.00. The molecule has 2 aromatic rings. The van der Waals surface area contributed by atoms with E-state index in [1.54, 1.807) is 0 Å². The van der Waals surface area contributed by atoms with Gasteiger partial charge < -0.3 is 5.32 Å². The highest BCUT2D eigenvalue weighted by atomic mass is 19.4. The minimum absolute atomic E-state index is 0.516. The number of halogens is 3. The van der Waals surface area contributed by atoms with E-state index in [4.69, 9.17) is 0 Å². The molecule has 0 unspecified atom stereocenters. The Morgan fingerprint density at radius 1 is 1.10 bits per heavy atom. The van der Waals surface area contributed by atoms with E-state index in [0.29, 0.717) is 31.3 Å². The lowest BCUT2D eigenvalue weighted by Gasteiger charge is -2.15. The summed E-state index contributed by atoms with van der Waals surface area (Å²) in [7, 11) is 0. The fraction of sp³-hybridized carbons (Fsp3) is 0.333. The summed E-state index contributed by atoms with van der Waals surface area (Å²) in [5, 5.41) is 15.1. The van der Waals surface area contributed by atoms with Gasteiger partial charge in [-0.3, -0.25) is 4.57 Å². The Morgan fingerprint density at radius 3 is 2.55 bits per heavy atom. The molecule has 0 bridgehead atoms. The molecule has 1 aliphatic rings. The van der Waals surface area contributed by atoms with Gasteiger partial charge in [0.2, 0.25) is 5.95 Å². The Bertz CT molecular complexity index is 603. The first-order chi connectivity index (χ1) is 9.54. The maximum absolute atomic E-state index is 12.5. The molecule has 3 rings (SSSR count). The third kappa shape index (κ3) is 2.46. The molecule has 105 valence electrons. The number of alkyl halides is 3. The van der Waals surface area contributed by atoms with Crippen molar-refractivity contribution in [3.8, 4) is 0 Å². The predicted octanol–water partition coefficient (Wildman–Crippen LogP) is 2.16. The van der Waals surface area contributed by atoms with Crippen molar-refractivity contribution in [2.45, 2.75) is 19.3 Å². The lowest BCUT2D eigenvalue weighted by molar-refractivity contribution is -0.137. The second kappa shape index (κ2) is 4.78. The maximum Gasteiger partial charge on any atom is 0.416 e. The highest BCUT2D eigenvalue weighted by Crippen LogP contribution is 2.30. The molecule has 0 fully saturated rings. The molecular formula is C12H11F3N5. The van der Waals surface area contributed by atoms with E-state index in [1.807, 2.05) is 4.57 Å². The summed E-state index contributed by atoms with van der Waals surface area (Å²) in [6, 6.07) is 4.81. The molecule has 0 saturated heterocycles. The summed E-state index contributed by atoms with van der Waals surface area (Å²) >= 11 is 0. The molecule has 1 aliphatic heterocycles. The summed E-state index contributed by atoms with van der Waals surface area (Å²) in [6.45, 7) is 1.87. The molecule has 0 amide bonds. The van der Waals surface area contributed by atoms with Gasteiger partial charge in [0.1, 0.15) is 5.82 Å². The van der Waals surface area contributed by atoms with Crippen molar-refractivity contribution in [2.24, 2.45) is 0 Å². The van der Waals surface area contributed by atoms with Gasteiger partial charge in [0.25, 0.3) is 0 Å². The minimum Gasteiger partial charge on any atom is -0.324 e. The number of hydrogen-bond acceptors (Lipinski definition) is 3. The first kappa shape index (κ1) is 12.9. The summed E-state index contributed by atoms with van der Waals surface area (Å²) in [6.07, 6.45) is -4.33. The molecule has 20 heavy (non-hydrogen) atoms. The molecular weight excluding hydrogens is 271 g/mol. The van der Waals surface area contributed by atoms with Crippen molar-refractivity contribution in [2.75, 3.05) is 11.9 Å². The zero-order chi connectivity index (χ0) is 14.2. The van der Waals surface area contributed by atoms with Crippen LogP contribution in [0.5, 0.6) is 0 Å². The quantitative estimate of drug-likeness (QED) is 0.918. The third-order valence-corrected chi connectivity index (χ3v) is 3.03. The first-order valence-electron chi connectivity index (χ1n) is 6.03. The van der Waals surface area contributed by atoms with Gasteiger partial charge in [-0.1, -0.05) is 0 Å². The number of benzene rings is 1. The molecule has 2 heterocycles. The summed E-state index contributed by atoms with van der Waals surface area (Å²) < 4.78 is 39.3. The van der Waals surface area contributed by atoms with E-state index in [0.717, 1.165) is 18.0 Å². The van der Waals surface area contributed by atoms with Gasteiger partial charge in [-0.25, -0.2) is 5.32 Å². The SMILES string of the molecule is FC(F)(F)c1ccc(Nc2nnc3n2CC[N]C3)cc1. The number of anilines is 2. The standard InChI is InChI=1S/C12H11F3N5/c13-12(14,15)8-1-3-9(4-2-8)17-11-19-18-10-7-16-5-6-20(10)11/h1-4H,5-7H2,(H,17,19). The van der Waals surface area contributed by atoms with E-state index >= 15 is 0 Å². The molecule has 0 aliphatic carbocycles. The lowest BCUT2D eigenvalue weighted by Crippen LogP contribution is -2.23. The number of rotatable bonds is 2. The van der Waals surface area contributed by atoms with Gasteiger partial charge in [-0.2, -0.15) is 13.2 Å². The molecule has 8 heteroatoms. The van der Waals surface area contributed by atoms with Gasteiger partial charge in [0.15, 0.2) is 0 Å². The number of aromatic nitrogens is 3. The van der Waals surface area contributed by atoms with Gasteiger partial charge >= 0.3 is 6.18 Å². The van der Waals surface area contributed by atoms with Crippen LogP contribution in [0.2, 0.25) is 0 Å². The van der Waals surface area contributed by atoms with Gasteiger partial charge in [0, 0.05) is 18.8 Å². The molecule has 1 radical (unpaired) electrons. The second-order valence-corrected chi connectivity index (χ2v) is 4.40. The lowest BCUT2D eigenvalue weighted by atomic mass is 10.2. The number of hydrogen-bond donors (Lipinski definition) is 1. The summed E-state index contributed by atoms with van der Waals surface area (Å²) in [5.41, 5.74) is -0.138. The van der Waals surface area contributed by atoms with E-state index in [1.165, 1.54) is 12.1 Å². The highest BCUT2D eigenvalue weighted by Gasteiger charge is 2.30. The molecule has 5 nitrogen and oxygen atoms in total. The number of nitrogens with zero attached hydrogens (tertiary/aromatic N) is 4. The summed E-state index contributed by atoms with van der Waals surface area (Å²) in [4.78, 5) is 0. The Balaban J connectivity index is 1.80. The highest BCUT2D eigenvalue weighted by molar-refractivity contribution is 5.54. The van der Waals surface area contributed by atoms with Crippen LogP contribution in [0.4, 0.5) is 24.8 Å². The van der Waals surface area contributed by atoms with Crippen LogP contribution in [-0.2, 0) is 19.3 Å². The van der Waals surface area contributed by atoms with Crippen LogP contribution in [0, 0.1) is 0 Å². The van der Waals surface area contributed by atoms with Crippen LogP contribution < -0.4 is 10.6 Å². The number of fused-ring (bicyclic) bond motifs is 1. The van der Waals surface area contributed by atoms with Crippen molar-refractivity contribution < 1.29 is 13.2 Å². The van der Waals surface area contributed by atoms with E-state index in [2.05, 4.69) is 20.8 Å². The minimum atomic E-state index is -4.33. The van der Waals surface area contributed by atoms with Crippen molar-refractivity contribution in [3.05, 3.63) is 35.7 Å². The van der Waals surface area contributed by atoms with Crippen LogP contribution in [-0.4, -0.2) is 21.3 Å². The topological polar surface area (TPSA) is 56.8 Å². The molecule has 0 spiro atoms. The van der Waals surface area contributed by atoms with Gasteiger partial charge in [-0.05, 0) is 24.3 Å². The Hall–Kier alpha value is -2.09. The molecule has 1 N–H and O–H groups in total. The van der Waals surface area contributed by atoms with Gasteiger partial charge in [0.05, 0.1) is 12.1 Å². The monoisotopic (exact) mass is 282 g/mol. The zero-order valence-corrected chi connectivity index (χ0v) is 10.4. The van der Waals surface area contributed by atoms with Gasteiger partial charge in [-0.15, -0.1) is 10.2 Å². The van der Waals surface area contributed by atoms with Crippen molar-refractivity contribution in [1.82, 2.24) is 20.1 Å². The molecule has 1 aromatic heterocycles. The number of nitrogens with one attached hydrogen (secondary N) is 1. The van der Waals surface area contributed by atoms with Crippen LogP contribution in [0.1, 0.15) is 11.4 Å². The smallest absolute Gasteiger partial charge is 0.324 e.